The van der Waals surface area contributed by atoms with E-state index in [-0.39, 0.29) is 10.9 Å². The zero-order valence-electron chi connectivity index (χ0n) is 21.4. The number of hydrogen-bond acceptors (Lipinski definition) is 4. The van der Waals surface area contributed by atoms with E-state index >= 15 is 0 Å². The van der Waals surface area contributed by atoms with Crippen LogP contribution in [0.4, 0.5) is 4.39 Å². The van der Waals surface area contributed by atoms with Gasteiger partial charge in [0.15, 0.2) is 0 Å². The maximum Gasteiger partial charge on any atom is 0.329 e. The second-order valence-electron chi connectivity index (χ2n) is 10.4. The van der Waals surface area contributed by atoms with Crippen molar-refractivity contribution in [1.29, 1.82) is 0 Å². The number of carbonyl (C=O) groups excluding carboxylic acids is 1. The summed E-state index contributed by atoms with van der Waals surface area (Å²) in [5, 5.41) is 12.1. The monoisotopic (exact) mass is 524 g/mol. The predicted octanol–water partition coefficient (Wildman–Crippen LogP) is 4.29. The largest absolute Gasteiger partial charge is 0.386 e. The summed E-state index contributed by atoms with van der Waals surface area (Å²) in [6, 6.07) is 10.5. The number of nitrogens with one attached hydrogen (secondary N) is 2. The first-order chi connectivity index (χ1) is 18.5. The van der Waals surface area contributed by atoms with Gasteiger partial charge in [-0.05, 0) is 67.3 Å². The number of allylic oxidation sites excluding steroid dienone is 4. The van der Waals surface area contributed by atoms with Gasteiger partial charge in [-0.25, -0.2) is 13.8 Å². The molecule has 2 heterocycles. The molecule has 2 aromatic heterocycles. The first-order valence-corrected chi connectivity index (χ1v) is 12.4. The van der Waals surface area contributed by atoms with E-state index in [9.17, 15) is 23.9 Å². The smallest absolute Gasteiger partial charge is 0.329 e. The van der Waals surface area contributed by atoms with Crippen LogP contribution >= 0.6 is 0 Å². The van der Waals surface area contributed by atoms with Crippen LogP contribution in [0.5, 0.6) is 0 Å². The summed E-state index contributed by atoms with van der Waals surface area (Å²) in [5.41, 5.74) is 7.47. The summed E-state index contributed by atoms with van der Waals surface area (Å²) in [4.78, 5) is 44.9. The van der Waals surface area contributed by atoms with Gasteiger partial charge in [-0.1, -0.05) is 36.4 Å². The number of benzene rings is 3. The molecule has 1 aliphatic carbocycles. The molecular formula is C30H25FN4O4. The van der Waals surface area contributed by atoms with E-state index in [1.807, 2.05) is 31.2 Å². The van der Waals surface area contributed by atoms with Gasteiger partial charge < -0.3 is 20.8 Å². The van der Waals surface area contributed by atoms with E-state index in [1.165, 1.54) is 18.2 Å². The number of nitrogens with zero attached hydrogens (tertiary/aromatic N) is 1. The third-order valence-electron chi connectivity index (χ3n) is 7.41. The van der Waals surface area contributed by atoms with Crippen molar-refractivity contribution in [1.82, 2.24) is 14.5 Å². The summed E-state index contributed by atoms with van der Waals surface area (Å²) in [6.45, 7) is 5.21. The SMILES string of the molecule is Cc1cc(C(N)=O)c2[nH]c3cc(C(C)(C)O)ccc3c2c1C1=CC=CC1n1c(=O)[nH]c2c(F)cccc2c1=O. The lowest BCUT2D eigenvalue weighted by Gasteiger charge is -2.20. The molecule has 5 N–H and O–H groups in total. The van der Waals surface area contributed by atoms with Gasteiger partial charge in [-0.3, -0.25) is 9.59 Å². The Labute approximate surface area is 220 Å². The molecule has 0 saturated heterocycles. The molecule has 0 aliphatic heterocycles. The van der Waals surface area contributed by atoms with Crippen molar-refractivity contribution >= 4 is 44.2 Å². The number of aryl methyl sites for hydroxylation is 1. The highest BCUT2D eigenvalue weighted by Crippen LogP contribution is 2.42. The van der Waals surface area contributed by atoms with Crippen LogP contribution in [0.3, 0.4) is 0 Å². The number of hydrogen-bond donors (Lipinski definition) is 4. The molecule has 8 nitrogen and oxygen atoms in total. The number of H-pyrrole nitrogens is 2. The lowest BCUT2D eigenvalue weighted by atomic mass is 9.89. The molecule has 1 amide bonds. The first-order valence-electron chi connectivity index (χ1n) is 12.4. The van der Waals surface area contributed by atoms with Crippen molar-refractivity contribution < 1.29 is 14.3 Å². The molecule has 0 spiro atoms. The number of aromatic nitrogens is 3. The molecule has 6 rings (SSSR count). The van der Waals surface area contributed by atoms with Crippen LogP contribution in [0, 0.1) is 12.7 Å². The number of nitrogens with two attached hydrogens (primary N) is 1. The molecule has 1 aliphatic rings. The van der Waals surface area contributed by atoms with Crippen molar-refractivity contribution in [3.05, 3.63) is 110 Å². The topological polar surface area (TPSA) is 134 Å². The number of para-hydroxylation sites is 1. The third kappa shape index (κ3) is 3.65. The van der Waals surface area contributed by atoms with Crippen LogP contribution < -0.4 is 17.0 Å². The highest BCUT2D eigenvalue weighted by molar-refractivity contribution is 6.19. The van der Waals surface area contributed by atoms with Crippen molar-refractivity contribution in [2.45, 2.75) is 32.4 Å². The van der Waals surface area contributed by atoms with Crippen LogP contribution in [0.15, 0.2) is 70.3 Å². The Morgan fingerprint density at radius 2 is 1.85 bits per heavy atom. The number of fused-ring (bicyclic) bond motifs is 4. The zero-order valence-corrected chi connectivity index (χ0v) is 21.4. The van der Waals surface area contributed by atoms with Gasteiger partial charge in [0.2, 0.25) is 0 Å². The molecule has 0 saturated carbocycles. The molecule has 9 heteroatoms. The summed E-state index contributed by atoms with van der Waals surface area (Å²) in [6.07, 6.45) is 5.31. The molecule has 0 fully saturated rings. The van der Waals surface area contributed by atoms with Gasteiger partial charge in [0, 0.05) is 16.3 Å². The van der Waals surface area contributed by atoms with Crippen molar-refractivity contribution in [3.8, 4) is 0 Å². The molecule has 0 radical (unpaired) electrons. The van der Waals surface area contributed by atoms with Gasteiger partial charge in [0.05, 0.1) is 33.6 Å². The fourth-order valence-corrected chi connectivity index (χ4v) is 5.56. The number of halogens is 1. The highest BCUT2D eigenvalue weighted by Gasteiger charge is 2.28. The molecule has 1 atom stereocenters. The van der Waals surface area contributed by atoms with Crippen molar-refractivity contribution in [2.24, 2.45) is 5.73 Å². The van der Waals surface area contributed by atoms with E-state index in [0.29, 0.717) is 33.1 Å². The summed E-state index contributed by atoms with van der Waals surface area (Å²) < 4.78 is 15.4. The lowest BCUT2D eigenvalue weighted by Crippen LogP contribution is -2.37. The van der Waals surface area contributed by atoms with Crippen LogP contribution in [0.2, 0.25) is 0 Å². The Morgan fingerprint density at radius 1 is 1.08 bits per heavy atom. The molecule has 5 aromatic rings. The summed E-state index contributed by atoms with van der Waals surface area (Å²) >= 11 is 0. The molecule has 39 heavy (non-hydrogen) atoms. The number of aromatic amines is 2. The normalized spacial score (nSPS) is 15.5. The number of primary amides is 1. The Kier molecular flexibility index (Phi) is 5.27. The minimum absolute atomic E-state index is 0.0615. The van der Waals surface area contributed by atoms with E-state index < -0.39 is 34.6 Å². The highest BCUT2D eigenvalue weighted by atomic mass is 19.1. The van der Waals surface area contributed by atoms with Crippen LogP contribution in [0.1, 0.15) is 46.9 Å². The average molecular weight is 525 g/mol. The van der Waals surface area contributed by atoms with Crippen LogP contribution in [-0.2, 0) is 5.60 Å². The lowest BCUT2D eigenvalue weighted by molar-refractivity contribution is 0.0787. The maximum absolute atomic E-state index is 14.3. The second-order valence-corrected chi connectivity index (χ2v) is 10.4. The minimum atomic E-state index is -1.09. The van der Waals surface area contributed by atoms with Gasteiger partial charge in [0.1, 0.15) is 5.82 Å². The van der Waals surface area contributed by atoms with Crippen LogP contribution in [-0.4, -0.2) is 25.5 Å². The van der Waals surface area contributed by atoms with E-state index in [4.69, 9.17) is 5.73 Å². The number of carbonyl (C=O) groups is 1. The first kappa shape index (κ1) is 24.6. The van der Waals surface area contributed by atoms with Crippen LogP contribution in [0.25, 0.3) is 38.3 Å². The van der Waals surface area contributed by atoms with Gasteiger partial charge in [-0.15, -0.1) is 0 Å². The third-order valence-corrected chi connectivity index (χ3v) is 7.41. The Bertz CT molecular complexity index is 2050. The molecule has 1 unspecified atom stereocenters. The molecular weight excluding hydrogens is 499 g/mol. The van der Waals surface area contributed by atoms with Crippen molar-refractivity contribution in [2.75, 3.05) is 0 Å². The van der Waals surface area contributed by atoms with E-state index in [0.717, 1.165) is 21.1 Å². The van der Waals surface area contributed by atoms with E-state index in [1.54, 1.807) is 32.1 Å². The number of aliphatic hydroxyl groups is 1. The average Bonchev–Trinajstić information content (AvgIpc) is 3.48. The summed E-state index contributed by atoms with van der Waals surface area (Å²) in [7, 11) is 0. The Balaban J connectivity index is 1.65. The minimum Gasteiger partial charge on any atom is -0.386 e. The maximum atomic E-state index is 14.3. The molecule has 3 aromatic carbocycles. The summed E-state index contributed by atoms with van der Waals surface area (Å²) in [5.74, 6) is -1.29. The standard InChI is InChI=1S/C30H25FN4O4/c1-14-12-19(27(32)36)26-24(16-11-10-15(30(2,3)39)13-21(16)33-26)23(14)17-6-5-9-22(17)35-28(37)18-7-4-8-20(31)25(18)34-29(35)38/h4-13,22,33,39H,1-3H3,(H2,32,36)(H,34,38). The second kappa shape index (κ2) is 8.37. The fourth-order valence-electron chi connectivity index (χ4n) is 5.56. The molecule has 0 bridgehead atoms. The van der Waals surface area contributed by atoms with Crippen molar-refractivity contribution in [3.63, 3.8) is 0 Å². The van der Waals surface area contributed by atoms with Gasteiger partial charge in [0.25, 0.3) is 11.5 Å². The van der Waals surface area contributed by atoms with Gasteiger partial charge >= 0.3 is 5.69 Å². The van der Waals surface area contributed by atoms with Gasteiger partial charge in [-0.2, -0.15) is 0 Å². The molecule has 196 valence electrons. The predicted molar refractivity (Wildman–Crippen MR) is 149 cm³/mol. The number of amides is 1. The Morgan fingerprint density at radius 3 is 2.56 bits per heavy atom. The Hall–Kier alpha value is -4.76. The van der Waals surface area contributed by atoms with E-state index in [2.05, 4.69) is 9.97 Å². The zero-order chi connectivity index (χ0) is 27.8. The quantitative estimate of drug-likeness (QED) is 0.279. The number of rotatable bonds is 4. The fraction of sp³-hybridized carbons (Fsp3) is 0.167.